The van der Waals surface area contributed by atoms with E-state index in [1.54, 1.807) is 0 Å². The maximum atomic E-state index is 5.47. The van der Waals surface area contributed by atoms with Crippen molar-refractivity contribution in [1.82, 2.24) is 5.32 Å². The second-order valence-electron chi connectivity index (χ2n) is 4.68. The zero-order valence-electron chi connectivity index (χ0n) is 9.18. The molecule has 1 fully saturated rings. The summed E-state index contributed by atoms with van der Waals surface area (Å²) < 4.78 is 6.29. The molecule has 1 aliphatic carbocycles. The van der Waals surface area contributed by atoms with Gasteiger partial charge in [-0.3, -0.25) is 0 Å². The van der Waals surface area contributed by atoms with Crippen LogP contribution in [0.2, 0.25) is 0 Å². The molecule has 2 nitrogen and oxygen atoms in total. The second kappa shape index (κ2) is 4.71. The maximum absolute atomic E-state index is 5.47. The highest BCUT2D eigenvalue weighted by atomic mass is 79.9. The molecule has 1 saturated carbocycles. The Morgan fingerprint density at radius 3 is 2.67 bits per heavy atom. The fourth-order valence-electron chi connectivity index (χ4n) is 2.26. The Labute approximate surface area is 99.6 Å². The van der Waals surface area contributed by atoms with Crippen LogP contribution >= 0.6 is 15.9 Å². The van der Waals surface area contributed by atoms with Gasteiger partial charge in [0.2, 0.25) is 0 Å². The molecule has 0 radical (unpaired) electrons. The molecule has 0 spiro atoms. The molecule has 0 saturated heterocycles. The van der Waals surface area contributed by atoms with E-state index in [0.29, 0.717) is 5.54 Å². The summed E-state index contributed by atoms with van der Waals surface area (Å²) in [6.45, 7) is 3.16. The Morgan fingerprint density at radius 1 is 1.33 bits per heavy atom. The lowest BCUT2D eigenvalue weighted by atomic mass is 9.83. The van der Waals surface area contributed by atoms with Gasteiger partial charge in [0.15, 0.2) is 4.67 Å². The van der Waals surface area contributed by atoms with E-state index in [0.717, 1.165) is 17.0 Å². The van der Waals surface area contributed by atoms with Crippen LogP contribution in [0.3, 0.4) is 0 Å². The molecule has 1 N–H and O–H groups in total. The van der Waals surface area contributed by atoms with Gasteiger partial charge in [-0.2, -0.15) is 0 Å². The highest BCUT2D eigenvalue weighted by molar-refractivity contribution is 9.10. The SMILES string of the molecule is CC1(NCc2ccc(Br)o2)CCCCC1. The molecule has 0 atom stereocenters. The molecule has 1 heterocycles. The van der Waals surface area contributed by atoms with Gasteiger partial charge >= 0.3 is 0 Å². The summed E-state index contributed by atoms with van der Waals surface area (Å²) in [6.07, 6.45) is 6.67. The Kier molecular flexibility index (Phi) is 3.52. The predicted molar refractivity (Wildman–Crippen MR) is 64.7 cm³/mol. The molecule has 0 bridgehead atoms. The number of halogens is 1. The number of hydrogen-bond acceptors (Lipinski definition) is 2. The van der Waals surface area contributed by atoms with Gasteiger partial charge in [-0.25, -0.2) is 0 Å². The van der Waals surface area contributed by atoms with Crippen LogP contribution in [0.4, 0.5) is 0 Å². The topological polar surface area (TPSA) is 25.2 Å². The van der Waals surface area contributed by atoms with Gasteiger partial charge in [-0.1, -0.05) is 19.3 Å². The summed E-state index contributed by atoms with van der Waals surface area (Å²) in [5.41, 5.74) is 0.317. The quantitative estimate of drug-likeness (QED) is 0.904. The number of rotatable bonds is 3. The lowest BCUT2D eigenvalue weighted by Crippen LogP contribution is -2.43. The van der Waals surface area contributed by atoms with Crippen molar-refractivity contribution in [2.75, 3.05) is 0 Å². The number of furan rings is 1. The van der Waals surface area contributed by atoms with Crippen LogP contribution < -0.4 is 5.32 Å². The first kappa shape index (κ1) is 11.2. The highest BCUT2D eigenvalue weighted by Crippen LogP contribution is 2.28. The van der Waals surface area contributed by atoms with Gasteiger partial charge in [-0.05, 0) is 47.8 Å². The molecule has 2 rings (SSSR count). The first-order valence-electron chi connectivity index (χ1n) is 5.67. The molecule has 1 aromatic heterocycles. The molecule has 15 heavy (non-hydrogen) atoms. The van der Waals surface area contributed by atoms with Crippen molar-refractivity contribution in [2.45, 2.75) is 51.1 Å². The van der Waals surface area contributed by atoms with Crippen molar-refractivity contribution in [1.29, 1.82) is 0 Å². The van der Waals surface area contributed by atoms with Crippen molar-refractivity contribution in [3.8, 4) is 0 Å². The lowest BCUT2D eigenvalue weighted by Gasteiger charge is -2.34. The molecular formula is C12H18BrNO. The minimum atomic E-state index is 0.317. The van der Waals surface area contributed by atoms with E-state index in [4.69, 9.17) is 4.42 Å². The van der Waals surface area contributed by atoms with E-state index < -0.39 is 0 Å². The van der Waals surface area contributed by atoms with Crippen molar-refractivity contribution in [2.24, 2.45) is 0 Å². The summed E-state index contributed by atoms with van der Waals surface area (Å²) in [6, 6.07) is 3.96. The van der Waals surface area contributed by atoms with Gasteiger partial charge in [-0.15, -0.1) is 0 Å². The van der Waals surface area contributed by atoms with Gasteiger partial charge in [0, 0.05) is 5.54 Å². The average molecular weight is 272 g/mol. The minimum Gasteiger partial charge on any atom is -0.453 e. The molecule has 0 aromatic carbocycles. The molecule has 3 heteroatoms. The van der Waals surface area contributed by atoms with E-state index in [1.807, 2.05) is 12.1 Å². The van der Waals surface area contributed by atoms with E-state index >= 15 is 0 Å². The zero-order valence-corrected chi connectivity index (χ0v) is 10.8. The molecule has 1 aromatic rings. The molecule has 0 aliphatic heterocycles. The van der Waals surface area contributed by atoms with Crippen LogP contribution in [-0.2, 0) is 6.54 Å². The Balaban J connectivity index is 1.86. The summed E-state index contributed by atoms with van der Waals surface area (Å²) in [5, 5.41) is 3.61. The Hall–Kier alpha value is -0.280. The minimum absolute atomic E-state index is 0.317. The van der Waals surface area contributed by atoms with Crippen molar-refractivity contribution >= 4 is 15.9 Å². The Bertz CT molecular complexity index is 315. The summed E-state index contributed by atoms with van der Waals surface area (Å²) >= 11 is 3.32. The molecule has 84 valence electrons. The van der Waals surface area contributed by atoms with Gasteiger partial charge in [0.1, 0.15) is 5.76 Å². The van der Waals surface area contributed by atoms with Crippen LogP contribution in [-0.4, -0.2) is 5.54 Å². The van der Waals surface area contributed by atoms with E-state index in [9.17, 15) is 0 Å². The van der Waals surface area contributed by atoms with E-state index in [1.165, 1.54) is 32.1 Å². The molecule has 0 unspecified atom stereocenters. The standard InChI is InChI=1S/C12H18BrNO/c1-12(7-3-2-4-8-12)14-9-10-5-6-11(13)15-10/h5-6,14H,2-4,7-9H2,1H3. The monoisotopic (exact) mass is 271 g/mol. The normalized spacial score (nSPS) is 20.4. The third-order valence-electron chi connectivity index (χ3n) is 3.28. The van der Waals surface area contributed by atoms with Crippen LogP contribution in [0.25, 0.3) is 0 Å². The summed E-state index contributed by atoms with van der Waals surface area (Å²) in [5.74, 6) is 1.01. The van der Waals surface area contributed by atoms with Crippen LogP contribution in [0.1, 0.15) is 44.8 Å². The Morgan fingerprint density at radius 2 is 2.07 bits per heavy atom. The van der Waals surface area contributed by atoms with Crippen molar-refractivity contribution in [3.63, 3.8) is 0 Å². The third-order valence-corrected chi connectivity index (χ3v) is 3.70. The van der Waals surface area contributed by atoms with Gasteiger partial charge < -0.3 is 9.73 Å². The highest BCUT2D eigenvalue weighted by Gasteiger charge is 2.25. The van der Waals surface area contributed by atoms with Crippen LogP contribution in [0.15, 0.2) is 21.2 Å². The fourth-order valence-corrected chi connectivity index (χ4v) is 2.60. The summed E-state index contributed by atoms with van der Waals surface area (Å²) in [4.78, 5) is 0. The second-order valence-corrected chi connectivity index (χ2v) is 5.46. The third kappa shape index (κ3) is 3.08. The largest absolute Gasteiger partial charge is 0.453 e. The van der Waals surface area contributed by atoms with Crippen LogP contribution in [0.5, 0.6) is 0 Å². The fraction of sp³-hybridized carbons (Fsp3) is 0.667. The zero-order chi connectivity index (χ0) is 10.7. The van der Waals surface area contributed by atoms with Crippen molar-refractivity contribution in [3.05, 3.63) is 22.6 Å². The molecule has 0 amide bonds. The van der Waals surface area contributed by atoms with Gasteiger partial charge in [0.05, 0.1) is 6.54 Å². The first-order chi connectivity index (χ1) is 7.18. The first-order valence-corrected chi connectivity index (χ1v) is 6.47. The molecular weight excluding hydrogens is 254 g/mol. The molecule has 1 aliphatic rings. The number of nitrogens with one attached hydrogen (secondary N) is 1. The average Bonchev–Trinajstić information content (AvgIpc) is 2.63. The van der Waals surface area contributed by atoms with Crippen molar-refractivity contribution < 1.29 is 4.42 Å². The smallest absolute Gasteiger partial charge is 0.169 e. The predicted octanol–water partition coefficient (Wildman–Crippen LogP) is 3.85. The lowest BCUT2D eigenvalue weighted by molar-refractivity contribution is 0.245. The number of hydrogen-bond donors (Lipinski definition) is 1. The van der Waals surface area contributed by atoms with Gasteiger partial charge in [0.25, 0.3) is 0 Å². The summed E-state index contributed by atoms with van der Waals surface area (Å²) in [7, 11) is 0. The van der Waals surface area contributed by atoms with E-state index in [-0.39, 0.29) is 0 Å². The van der Waals surface area contributed by atoms with E-state index in [2.05, 4.69) is 28.2 Å². The van der Waals surface area contributed by atoms with Crippen LogP contribution in [0, 0.1) is 0 Å². The maximum Gasteiger partial charge on any atom is 0.169 e.